The average molecular weight is 413 g/mol. The Morgan fingerprint density at radius 2 is 1.80 bits per heavy atom. The van der Waals surface area contributed by atoms with E-state index in [1.54, 1.807) is 0 Å². The van der Waals surface area contributed by atoms with Crippen LogP contribution in [-0.2, 0) is 4.79 Å². The first-order valence-electron chi connectivity index (χ1n) is 8.13. The van der Waals surface area contributed by atoms with Gasteiger partial charge in [-0.05, 0) is 19.1 Å². The highest BCUT2D eigenvalue weighted by Crippen LogP contribution is 2.22. The standard InChI is InChI=1S/C17H26ClN3O2.2ClH/c1-13(14(2)19)17(22)21-9-7-20(8-10-21)11-12-23-16-6-4-3-5-15(16)18;;/h3-6,13-14H,7-12,19H2,1-2H3;2*1H. The number of piperazine rings is 1. The van der Waals surface area contributed by atoms with Crippen molar-refractivity contribution in [2.24, 2.45) is 11.7 Å². The predicted octanol–water partition coefficient (Wildman–Crippen LogP) is 2.69. The van der Waals surface area contributed by atoms with E-state index in [0.29, 0.717) is 17.4 Å². The monoisotopic (exact) mass is 411 g/mol. The fraction of sp³-hybridized carbons (Fsp3) is 0.588. The lowest BCUT2D eigenvalue weighted by atomic mass is 10.0. The van der Waals surface area contributed by atoms with E-state index < -0.39 is 0 Å². The van der Waals surface area contributed by atoms with Gasteiger partial charge in [-0.3, -0.25) is 9.69 Å². The Bertz CT molecular complexity index is 524. The normalized spacial score (nSPS) is 17.0. The largest absolute Gasteiger partial charge is 0.491 e. The van der Waals surface area contributed by atoms with E-state index in [1.165, 1.54) is 0 Å². The van der Waals surface area contributed by atoms with Gasteiger partial charge in [0.2, 0.25) is 5.91 Å². The van der Waals surface area contributed by atoms with Crippen LogP contribution in [0.15, 0.2) is 24.3 Å². The highest BCUT2D eigenvalue weighted by molar-refractivity contribution is 6.32. The SMILES string of the molecule is CC(N)C(C)C(=O)N1CCN(CCOc2ccccc2Cl)CC1.Cl.Cl. The molecule has 8 heteroatoms. The van der Waals surface area contributed by atoms with E-state index in [1.807, 2.05) is 43.0 Å². The maximum Gasteiger partial charge on any atom is 0.227 e. The Labute approximate surface area is 167 Å². The summed E-state index contributed by atoms with van der Waals surface area (Å²) < 4.78 is 5.71. The summed E-state index contributed by atoms with van der Waals surface area (Å²) in [6, 6.07) is 7.37. The Morgan fingerprint density at radius 1 is 1.20 bits per heavy atom. The molecule has 2 atom stereocenters. The zero-order valence-corrected chi connectivity index (χ0v) is 17.1. The summed E-state index contributed by atoms with van der Waals surface area (Å²) in [5.41, 5.74) is 5.82. The number of amides is 1. The Hall–Kier alpha value is -0.720. The summed E-state index contributed by atoms with van der Waals surface area (Å²) in [6.07, 6.45) is 0. The fourth-order valence-corrected chi connectivity index (χ4v) is 2.74. The molecule has 1 heterocycles. The second-order valence-electron chi connectivity index (χ2n) is 6.09. The molecule has 0 bridgehead atoms. The number of carbonyl (C=O) groups excluding carboxylic acids is 1. The van der Waals surface area contributed by atoms with Crippen molar-refractivity contribution in [3.05, 3.63) is 29.3 Å². The molecule has 1 aromatic carbocycles. The molecule has 0 radical (unpaired) electrons. The van der Waals surface area contributed by atoms with E-state index in [4.69, 9.17) is 22.1 Å². The Kier molecular flexibility index (Phi) is 11.5. The first-order valence-corrected chi connectivity index (χ1v) is 8.51. The number of para-hydroxylation sites is 1. The minimum Gasteiger partial charge on any atom is -0.491 e. The van der Waals surface area contributed by atoms with E-state index in [2.05, 4.69) is 4.90 Å². The molecule has 5 nitrogen and oxygen atoms in total. The van der Waals surface area contributed by atoms with Crippen molar-refractivity contribution in [3.8, 4) is 5.75 Å². The van der Waals surface area contributed by atoms with Crippen molar-refractivity contribution in [1.29, 1.82) is 0 Å². The van der Waals surface area contributed by atoms with Crippen molar-refractivity contribution in [2.45, 2.75) is 19.9 Å². The van der Waals surface area contributed by atoms with Crippen LogP contribution in [0.3, 0.4) is 0 Å². The van der Waals surface area contributed by atoms with Crippen LogP contribution in [0.2, 0.25) is 5.02 Å². The van der Waals surface area contributed by atoms with Crippen molar-refractivity contribution < 1.29 is 9.53 Å². The summed E-state index contributed by atoms with van der Waals surface area (Å²) in [4.78, 5) is 16.5. The van der Waals surface area contributed by atoms with Gasteiger partial charge in [-0.15, -0.1) is 24.8 Å². The first kappa shape index (κ1) is 24.3. The van der Waals surface area contributed by atoms with Crippen LogP contribution in [0, 0.1) is 5.92 Å². The molecule has 0 saturated carbocycles. The summed E-state index contributed by atoms with van der Waals surface area (Å²) in [5, 5.41) is 0.632. The molecule has 0 spiro atoms. The molecule has 25 heavy (non-hydrogen) atoms. The van der Waals surface area contributed by atoms with Gasteiger partial charge < -0.3 is 15.4 Å². The summed E-state index contributed by atoms with van der Waals surface area (Å²) >= 11 is 6.06. The zero-order valence-electron chi connectivity index (χ0n) is 14.7. The van der Waals surface area contributed by atoms with Crippen LogP contribution in [0.4, 0.5) is 0 Å². The molecule has 1 aliphatic heterocycles. The molecule has 144 valence electrons. The predicted molar refractivity (Wildman–Crippen MR) is 107 cm³/mol. The summed E-state index contributed by atoms with van der Waals surface area (Å²) in [7, 11) is 0. The second kappa shape index (κ2) is 11.8. The van der Waals surface area contributed by atoms with Crippen molar-refractivity contribution in [2.75, 3.05) is 39.3 Å². The lowest BCUT2D eigenvalue weighted by Gasteiger charge is -2.36. The van der Waals surface area contributed by atoms with Crippen LogP contribution < -0.4 is 10.5 Å². The molecule has 0 aliphatic carbocycles. The number of rotatable bonds is 6. The maximum absolute atomic E-state index is 12.3. The minimum atomic E-state index is -0.120. The van der Waals surface area contributed by atoms with Gasteiger partial charge in [-0.2, -0.15) is 0 Å². The molecule has 1 amide bonds. The van der Waals surface area contributed by atoms with Crippen LogP contribution in [0.25, 0.3) is 0 Å². The van der Waals surface area contributed by atoms with Gasteiger partial charge >= 0.3 is 0 Å². The van der Waals surface area contributed by atoms with E-state index in [9.17, 15) is 4.79 Å². The number of benzene rings is 1. The maximum atomic E-state index is 12.3. The molecule has 2 rings (SSSR count). The molecule has 2 N–H and O–H groups in total. The quantitative estimate of drug-likeness (QED) is 0.780. The molecule has 0 aromatic heterocycles. The molecule has 1 saturated heterocycles. The highest BCUT2D eigenvalue weighted by atomic mass is 35.5. The van der Waals surface area contributed by atoms with Crippen LogP contribution in [-0.4, -0.2) is 61.1 Å². The third-order valence-electron chi connectivity index (χ3n) is 4.36. The molecule has 1 aliphatic rings. The number of carbonyl (C=O) groups is 1. The lowest BCUT2D eigenvalue weighted by Crippen LogP contribution is -2.52. The van der Waals surface area contributed by atoms with Crippen molar-refractivity contribution >= 4 is 42.3 Å². The van der Waals surface area contributed by atoms with Gasteiger partial charge in [-0.1, -0.05) is 30.7 Å². The number of ether oxygens (including phenoxy) is 1. The molecular formula is C17H28Cl3N3O2. The number of hydrogen-bond donors (Lipinski definition) is 1. The van der Waals surface area contributed by atoms with Crippen molar-refractivity contribution in [3.63, 3.8) is 0 Å². The van der Waals surface area contributed by atoms with E-state index in [0.717, 1.165) is 32.7 Å². The second-order valence-corrected chi connectivity index (χ2v) is 6.50. The molecule has 1 fully saturated rings. The zero-order chi connectivity index (χ0) is 16.8. The molecule has 2 unspecified atom stereocenters. The third kappa shape index (κ3) is 7.19. The average Bonchev–Trinajstić information content (AvgIpc) is 2.56. The van der Waals surface area contributed by atoms with Gasteiger partial charge in [0.25, 0.3) is 0 Å². The molecule has 1 aromatic rings. The summed E-state index contributed by atoms with van der Waals surface area (Å²) in [5.74, 6) is 0.755. The lowest BCUT2D eigenvalue weighted by molar-refractivity contribution is -0.137. The van der Waals surface area contributed by atoms with Crippen LogP contribution in [0.1, 0.15) is 13.8 Å². The first-order chi connectivity index (χ1) is 11.0. The van der Waals surface area contributed by atoms with Gasteiger partial charge in [0, 0.05) is 38.8 Å². The van der Waals surface area contributed by atoms with Crippen LogP contribution in [0.5, 0.6) is 5.75 Å². The Balaban J connectivity index is 0.00000288. The van der Waals surface area contributed by atoms with Crippen molar-refractivity contribution in [1.82, 2.24) is 9.80 Å². The van der Waals surface area contributed by atoms with Gasteiger partial charge in [0.05, 0.1) is 10.9 Å². The molecular weight excluding hydrogens is 385 g/mol. The summed E-state index contributed by atoms with van der Waals surface area (Å²) in [6.45, 7) is 8.43. The van der Waals surface area contributed by atoms with E-state index >= 15 is 0 Å². The number of hydrogen-bond acceptors (Lipinski definition) is 4. The highest BCUT2D eigenvalue weighted by Gasteiger charge is 2.26. The van der Waals surface area contributed by atoms with Crippen LogP contribution >= 0.6 is 36.4 Å². The smallest absolute Gasteiger partial charge is 0.227 e. The third-order valence-corrected chi connectivity index (χ3v) is 4.68. The van der Waals surface area contributed by atoms with Gasteiger partial charge in [0.15, 0.2) is 0 Å². The van der Waals surface area contributed by atoms with Gasteiger partial charge in [-0.25, -0.2) is 0 Å². The fourth-order valence-electron chi connectivity index (χ4n) is 2.55. The topological polar surface area (TPSA) is 58.8 Å². The Morgan fingerprint density at radius 3 is 2.36 bits per heavy atom. The number of halogens is 3. The number of nitrogens with two attached hydrogens (primary N) is 1. The number of nitrogens with zero attached hydrogens (tertiary/aromatic N) is 2. The van der Waals surface area contributed by atoms with E-state index in [-0.39, 0.29) is 42.7 Å². The van der Waals surface area contributed by atoms with Gasteiger partial charge in [0.1, 0.15) is 12.4 Å². The minimum absolute atomic E-state index is 0.